The predicted molar refractivity (Wildman–Crippen MR) is 67.0 cm³/mol. The van der Waals surface area contributed by atoms with Crippen LogP contribution in [0.3, 0.4) is 0 Å². The zero-order valence-corrected chi connectivity index (χ0v) is 9.44. The van der Waals surface area contributed by atoms with E-state index in [1.54, 1.807) is 6.92 Å². The Bertz CT molecular complexity index is 654. The van der Waals surface area contributed by atoms with E-state index in [0.29, 0.717) is 11.3 Å². The van der Waals surface area contributed by atoms with Crippen LogP contribution in [0, 0.1) is 23.2 Å². The largest absolute Gasteiger partial charge is 0.318 e. The van der Waals surface area contributed by atoms with Gasteiger partial charge in [-0.3, -0.25) is 0 Å². The van der Waals surface area contributed by atoms with Gasteiger partial charge in [-0.05, 0) is 19.1 Å². The van der Waals surface area contributed by atoms with Crippen LogP contribution >= 0.6 is 0 Å². The minimum atomic E-state index is -0.215. The molecule has 17 heavy (non-hydrogen) atoms. The van der Waals surface area contributed by atoms with Crippen LogP contribution in [-0.2, 0) is 0 Å². The molecule has 1 aromatic carbocycles. The first-order valence-electron chi connectivity index (χ1n) is 5.27. The van der Waals surface area contributed by atoms with Gasteiger partial charge in [-0.25, -0.2) is 4.98 Å². The molecular weight excluding hydrogens is 210 g/mol. The number of benzene rings is 1. The molecule has 2 aromatic rings. The third-order valence-electron chi connectivity index (χ3n) is 2.26. The van der Waals surface area contributed by atoms with E-state index in [0.717, 1.165) is 10.9 Å². The lowest BCUT2D eigenvalue weighted by atomic mass is 10.1. The number of nitrogens with zero attached hydrogens (tertiary/aromatic N) is 2. The summed E-state index contributed by atoms with van der Waals surface area (Å²) in [4.78, 5) is 4.27. The van der Waals surface area contributed by atoms with Gasteiger partial charge >= 0.3 is 0 Å². The lowest BCUT2D eigenvalue weighted by Crippen LogP contribution is -2.11. The number of nitriles is 1. The Morgan fingerprint density at radius 2 is 2.12 bits per heavy atom. The molecule has 0 bridgehead atoms. The van der Waals surface area contributed by atoms with Crippen LogP contribution in [0.25, 0.3) is 10.9 Å². The van der Waals surface area contributed by atoms with Gasteiger partial charge in [0, 0.05) is 5.39 Å². The van der Waals surface area contributed by atoms with Gasteiger partial charge in [0.15, 0.2) is 5.69 Å². The van der Waals surface area contributed by atoms with Crippen molar-refractivity contribution in [3.63, 3.8) is 0 Å². The smallest absolute Gasteiger partial charge is 0.156 e. The maximum atomic E-state index is 9.03. The highest BCUT2D eigenvalue weighted by molar-refractivity contribution is 5.81. The number of hydrogen-bond acceptors (Lipinski definition) is 3. The van der Waals surface area contributed by atoms with E-state index in [2.05, 4.69) is 22.9 Å². The molecule has 0 saturated carbocycles. The second kappa shape index (κ2) is 4.65. The van der Waals surface area contributed by atoms with Gasteiger partial charge in [-0.2, -0.15) is 5.26 Å². The Balaban J connectivity index is 2.63. The average molecular weight is 221 g/mol. The average Bonchev–Trinajstić information content (AvgIpc) is 2.35. The molecule has 0 fully saturated rings. The fraction of sp³-hybridized carbons (Fsp3) is 0.143. The highest BCUT2D eigenvalue weighted by atomic mass is 14.7. The van der Waals surface area contributed by atoms with Gasteiger partial charge in [0.1, 0.15) is 6.07 Å². The highest BCUT2D eigenvalue weighted by Gasteiger charge is 2.03. The summed E-state index contributed by atoms with van der Waals surface area (Å²) in [5, 5.41) is 10.0. The van der Waals surface area contributed by atoms with Crippen molar-refractivity contribution in [3.05, 3.63) is 41.6 Å². The summed E-state index contributed by atoms with van der Waals surface area (Å²) in [5.74, 6) is 5.73. The van der Waals surface area contributed by atoms with E-state index in [-0.39, 0.29) is 6.04 Å². The lowest BCUT2D eigenvalue weighted by molar-refractivity contribution is 0.959. The Morgan fingerprint density at radius 1 is 1.35 bits per heavy atom. The maximum absolute atomic E-state index is 9.03. The maximum Gasteiger partial charge on any atom is 0.156 e. The monoisotopic (exact) mass is 221 g/mol. The van der Waals surface area contributed by atoms with Crippen LogP contribution in [0.15, 0.2) is 30.3 Å². The number of nitrogens with two attached hydrogens (primary N) is 1. The summed E-state index contributed by atoms with van der Waals surface area (Å²) >= 11 is 0. The number of fused-ring (bicyclic) bond motifs is 1. The Kier molecular flexibility index (Phi) is 3.05. The Labute approximate surface area is 99.9 Å². The Hall–Kier alpha value is -2.36. The molecule has 0 aliphatic rings. The van der Waals surface area contributed by atoms with Crippen LogP contribution in [0.5, 0.6) is 0 Å². The third kappa shape index (κ3) is 2.42. The molecule has 1 atom stereocenters. The van der Waals surface area contributed by atoms with Crippen molar-refractivity contribution in [2.45, 2.75) is 13.0 Å². The van der Waals surface area contributed by atoms with E-state index >= 15 is 0 Å². The van der Waals surface area contributed by atoms with Crippen molar-refractivity contribution in [2.75, 3.05) is 0 Å². The van der Waals surface area contributed by atoms with Gasteiger partial charge in [0.25, 0.3) is 0 Å². The topological polar surface area (TPSA) is 62.7 Å². The number of hydrogen-bond donors (Lipinski definition) is 1. The Morgan fingerprint density at radius 3 is 2.82 bits per heavy atom. The van der Waals surface area contributed by atoms with E-state index in [1.165, 1.54) is 0 Å². The molecule has 1 aromatic heterocycles. The molecule has 0 spiro atoms. The second-order valence-electron chi connectivity index (χ2n) is 3.75. The molecular formula is C14H11N3. The van der Waals surface area contributed by atoms with Crippen molar-refractivity contribution in [2.24, 2.45) is 5.73 Å². The van der Waals surface area contributed by atoms with Crippen LogP contribution < -0.4 is 5.73 Å². The summed E-state index contributed by atoms with van der Waals surface area (Å²) < 4.78 is 0. The van der Waals surface area contributed by atoms with E-state index in [9.17, 15) is 0 Å². The molecule has 0 aliphatic heterocycles. The molecule has 3 nitrogen and oxygen atoms in total. The number of rotatable bonds is 0. The van der Waals surface area contributed by atoms with Crippen molar-refractivity contribution < 1.29 is 0 Å². The standard InChI is InChI=1S/C14H11N3/c1-10(16)6-7-12-8-11-4-2-3-5-13(11)17-14(12)9-15/h2-5,8,10H,16H2,1H3. The van der Waals surface area contributed by atoms with E-state index in [1.807, 2.05) is 30.3 Å². The fourth-order valence-electron chi connectivity index (χ4n) is 1.49. The zero-order chi connectivity index (χ0) is 12.3. The molecule has 2 N–H and O–H groups in total. The summed E-state index contributed by atoms with van der Waals surface area (Å²) in [6.07, 6.45) is 0. The summed E-state index contributed by atoms with van der Waals surface area (Å²) in [6, 6.07) is 11.4. The van der Waals surface area contributed by atoms with Crippen LogP contribution in [-0.4, -0.2) is 11.0 Å². The predicted octanol–water partition coefficient (Wildman–Crippen LogP) is 1.81. The minimum absolute atomic E-state index is 0.215. The van der Waals surface area contributed by atoms with Crippen molar-refractivity contribution >= 4 is 10.9 Å². The number of para-hydroxylation sites is 1. The summed E-state index contributed by atoms with van der Waals surface area (Å²) in [7, 11) is 0. The first-order chi connectivity index (χ1) is 8.20. The van der Waals surface area contributed by atoms with E-state index < -0.39 is 0 Å². The third-order valence-corrected chi connectivity index (χ3v) is 2.26. The van der Waals surface area contributed by atoms with Gasteiger partial charge in [-0.1, -0.05) is 30.0 Å². The molecule has 0 amide bonds. The molecule has 82 valence electrons. The van der Waals surface area contributed by atoms with Gasteiger partial charge in [-0.15, -0.1) is 0 Å². The van der Waals surface area contributed by atoms with Gasteiger partial charge in [0.05, 0.1) is 17.1 Å². The van der Waals surface area contributed by atoms with Crippen molar-refractivity contribution in [1.82, 2.24) is 4.98 Å². The first kappa shape index (κ1) is 11.1. The lowest BCUT2D eigenvalue weighted by Gasteiger charge is -2.00. The zero-order valence-electron chi connectivity index (χ0n) is 9.44. The van der Waals surface area contributed by atoms with Crippen LogP contribution in [0.2, 0.25) is 0 Å². The summed E-state index contributed by atoms with van der Waals surface area (Å²) in [6.45, 7) is 1.80. The molecule has 2 rings (SSSR count). The highest BCUT2D eigenvalue weighted by Crippen LogP contribution is 2.15. The molecule has 0 aliphatic carbocycles. The molecule has 0 saturated heterocycles. The SMILES string of the molecule is CC(N)C#Cc1cc2ccccc2nc1C#N. The minimum Gasteiger partial charge on any atom is -0.318 e. The van der Waals surface area contributed by atoms with Gasteiger partial charge in [0.2, 0.25) is 0 Å². The molecule has 0 radical (unpaired) electrons. The second-order valence-corrected chi connectivity index (χ2v) is 3.75. The first-order valence-corrected chi connectivity index (χ1v) is 5.27. The van der Waals surface area contributed by atoms with Gasteiger partial charge < -0.3 is 5.73 Å². The van der Waals surface area contributed by atoms with Crippen LogP contribution in [0.1, 0.15) is 18.2 Å². The number of pyridine rings is 1. The molecule has 3 heteroatoms. The number of aromatic nitrogens is 1. The quantitative estimate of drug-likeness (QED) is 0.690. The normalized spacial score (nSPS) is 11.4. The summed E-state index contributed by atoms with van der Waals surface area (Å²) in [5.41, 5.74) is 7.34. The van der Waals surface area contributed by atoms with Crippen molar-refractivity contribution in [1.29, 1.82) is 5.26 Å². The van der Waals surface area contributed by atoms with Crippen molar-refractivity contribution in [3.8, 4) is 17.9 Å². The fourth-order valence-corrected chi connectivity index (χ4v) is 1.49. The van der Waals surface area contributed by atoms with E-state index in [4.69, 9.17) is 11.0 Å². The molecule has 1 heterocycles. The van der Waals surface area contributed by atoms with Crippen LogP contribution in [0.4, 0.5) is 0 Å². The molecule has 1 unspecified atom stereocenters.